The van der Waals surface area contributed by atoms with Gasteiger partial charge in [-0.15, -0.1) is 12.4 Å². The predicted octanol–water partition coefficient (Wildman–Crippen LogP) is 4.31. The van der Waals surface area contributed by atoms with E-state index < -0.39 is 0 Å². The molecule has 0 spiro atoms. The third-order valence-electron chi connectivity index (χ3n) is 3.66. The van der Waals surface area contributed by atoms with Crippen LogP contribution in [0.25, 0.3) is 11.1 Å². The Hall–Kier alpha value is -2.53. The molecule has 0 aliphatic rings. The van der Waals surface area contributed by atoms with E-state index in [9.17, 15) is 4.79 Å². The summed E-state index contributed by atoms with van der Waals surface area (Å²) in [5.41, 5.74) is 9.26. The van der Waals surface area contributed by atoms with Gasteiger partial charge < -0.3 is 15.5 Å². The van der Waals surface area contributed by atoms with Crippen LogP contribution in [0.1, 0.15) is 32.2 Å². The number of aromatic nitrogens is 1. The van der Waals surface area contributed by atoms with Crippen LogP contribution in [0.5, 0.6) is 0 Å². The van der Waals surface area contributed by atoms with E-state index in [0.717, 1.165) is 16.7 Å². The van der Waals surface area contributed by atoms with Crippen molar-refractivity contribution in [2.45, 2.75) is 32.6 Å². The number of nitrogens with one attached hydrogen (secondary N) is 1. The molecule has 0 bridgehead atoms. The number of nitrogens with two attached hydrogens (primary N) is 1. The molecule has 1 aromatic heterocycles. The molecule has 3 aromatic rings. The molecule has 1 heterocycles. The fourth-order valence-electron chi connectivity index (χ4n) is 2.35. The molecule has 6 heteroatoms. The minimum atomic E-state index is -0.155. The van der Waals surface area contributed by atoms with Gasteiger partial charge >= 0.3 is 0 Å². The van der Waals surface area contributed by atoms with E-state index in [-0.39, 0.29) is 23.7 Å². The van der Waals surface area contributed by atoms with Gasteiger partial charge in [-0.3, -0.25) is 4.79 Å². The first-order chi connectivity index (χ1) is 11.3. The van der Waals surface area contributed by atoms with Crippen LogP contribution in [0.2, 0.25) is 0 Å². The molecule has 25 heavy (non-hydrogen) atoms. The number of carbonyl (C=O) groups excluding carboxylic acids is 1. The van der Waals surface area contributed by atoms with E-state index in [1.165, 1.54) is 0 Å². The Labute approximate surface area is 153 Å². The summed E-state index contributed by atoms with van der Waals surface area (Å²) in [6.07, 6.45) is 0.296. The number of anilines is 2. The fourth-order valence-corrected chi connectivity index (χ4v) is 2.35. The number of amides is 1. The number of fused-ring (bicyclic) bond motifs is 1. The Morgan fingerprint density at radius 1 is 1.16 bits per heavy atom. The topological polar surface area (TPSA) is 81.2 Å². The Morgan fingerprint density at radius 2 is 1.84 bits per heavy atom. The molecule has 2 aromatic carbocycles. The van der Waals surface area contributed by atoms with Crippen LogP contribution in [0.15, 0.2) is 46.9 Å². The quantitative estimate of drug-likeness (QED) is 0.683. The molecule has 1 amide bonds. The van der Waals surface area contributed by atoms with E-state index in [4.69, 9.17) is 10.2 Å². The van der Waals surface area contributed by atoms with E-state index in [2.05, 4.69) is 10.3 Å². The van der Waals surface area contributed by atoms with Crippen LogP contribution in [-0.4, -0.2) is 10.9 Å². The third-order valence-corrected chi connectivity index (χ3v) is 3.66. The largest absolute Gasteiger partial charge is 0.440 e. The molecule has 0 saturated carbocycles. The minimum Gasteiger partial charge on any atom is -0.440 e. The SMILES string of the molecule is CC(C)(C)c1nc2cc(NC(=O)Cc3ccc(N)cc3)ccc2o1.Cl. The van der Waals surface area contributed by atoms with Gasteiger partial charge in [0.25, 0.3) is 0 Å². The Morgan fingerprint density at radius 3 is 2.48 bits per heavy atom. The lowest BCUT2D eigenvalue weighted by Gasteiger charge is -2.11. The number of halogens is 1. The molecule has 0 radical (unpaired) electrons. The number of carbonyl (C=O) groups is 1. The van der Waals surface area contributed by atoms with Gasteiger partial charge in [-0.2, -0.15) is 0 Å². The lowest BCUT2D eigenvalue weighted by Crippen LogP contribution is -2.14. The van der Waals surface area contributed by atoms with E-state index in [1.807, 2.05) is 51.1 Å². The van der Waals surface area contributed by atoms with Crippen molar-refractivity contribution < 1.29 is 9.21 Å². The van der Waals surface area contributed by atoms with Crippen molar-refractivity contribution in [1.82, 2.24) is 4.98 Å². The summed E-state index contributed by atoms with van der Waals surface area (Å²) in [5, 5.41) is 2.89. The van der Waals surface area contributed by atoms with Crippen LogP contribution in [0.4, 0.5) is 11.4 Å². The van der Waals surface area contributed by atoms with Crippen molar-refractivity contribution in [1.29, 1.82) is 0 Å². The number of benzene rings is 2. The van der Waals surface area contributed by atoms with Crippen molar-refractivity contribution in [3.8, 4) is 0 Å². The van der Waals surface area contributed by atoms with E-state index in [1.54, 1.807) is 12.1 Å². The number of nitrogens with zero attached hydrogens (tertiary/aromatic N) is 1. The molecule has 0 aliphatic heterocycles. The van der Waals surface area contributed by atoms with Gasteiger partial charge in [0.2, 0.25) is 11.8 Å². The summed E-state index contributed by atoms with van der Waals surface area (Å²) in [5.74, 6) is 0.599. The molecule has 0 fully saturated rings. The van der Waals surface area contributed by atoms with Crippen molar-refractivity contribution in [2.75, 3.05) is 11.1 Å². The molecule has 0 unspecified atom stereocenters. The maximum absolute atomic E-state index is 12.2. The maximum atomic E-state index is 12.2. The summed E-state index contributed by atoms with van der Waals surface area (Å²) in [6, 6.07) is 12.8. The number of hydrogen-bond donors (Lipinski definition) is 2. The number of hydrogen-bond acceptors (Lipinski definition) is 4. The highest BCUT2D eigenvalue weighted by Crippen LogP contribution is 2.27. The van der Waals surface area contributed by atoms with Gasteiger partial charge in [-0.25, -0.2) is 4.98 Å². The highest BCUT2D eigenvalue weighted by molar-refractivity contribution is 5.94. The Balaban J connectivity index is 0.00000225. The number of nitrogen functional groups attached to an aromatic ring is 1. The monoisotopic (exact) mass is 359 g/mol. The van der Waals surface area contributed by atoms with Gasteiger partial charge in [0, 0.05) is 16.8 Å². The second kappa shape index (κ2) is 7.15. The zero-order valence-electron chi connectivity index (χ0n) is 14.5. The van der Waals surface area contributed by atoms with Crippen molar-refractivity contribution in [2.24, 2.45) is 0 Å². The first kappa shape index (κ1) is 18.8. The van der Waals surface area contributed by atoms with Gasteiger partial charge in [0.15, 0.2) is 5.58 Å². The standard InChI is InChI=1S/C19H21N3O2.ClH/c1-19(2,3)18-22-15-11-14(8-9-16(15)24-18)21-17(23)10-12-4-6-13(20)7-5-12;/h4-9,11H,10,20H2,1-3H3,(H,21,23);1H. The average Bonchev–Trinajstić information content (AvgIpc) is 2.93. The first-order valence-corrected chi connectivity index (χ1v) is 7.86. The molecular weight excluding hydrogens is 338 g/mol. The van der Waals surface area contributed by atoms with E-state index >= 15 is 0 Å². The van der Waals surface area contributed by atoms with Gasteiger partial charge in [-0.05, 0) is 35.9 Å². The average molecular weight is 360 g/mol. The molecule has 0 saturated heterocycles. The van der Waals surface area contributed by atoms with Gasteiger partial charge in [0.05, 0.1) is 6.42 Å². The lowest BCUT2D eigenvalue weighted by molar-refractivity contribution is -0.115. The molecule has 132 valence electrons. The summed E-state index contributed by atoms with van der Waals surface area (Å²) < 4.78 is 5.76. The van der Waals surface area contributed by atoms with Crippen molar-refractivity contribution in [3.63, 3.8) is 0 Å². The fraction of sp³-hybridized carbons (Fsp3) is 0.263. The Bertz CT molecular complexity index is 880. The maximum Gasteiger partial charge on any atom is 0.228 e. The van der Waals surface area contributed by atoms with Gasteiger partial charge in [0.1, 0.15) is 5.52 Å². The van der Waals surface area contributed by atoms with Crippen LogP contribution in [0, 0.1) is 0 Å². The summed E-state index contributed by atoms with van der Waals surface area (Å²) in [6.45, 7) is 6.15. The van der Waals surface area contributed by atoms with Crippen LogP contribution in [0.3, 0.4) is 0 Å². The molecule has 0 aliphatic carbocycles. The van der Waals surface area contributed by atoms with Crippen LogP contribution >= 0.6 is 12.4 Å². The van der Waals surface area contributed by atoms with Crippen molar-refractivity contribution >= 4 is 40.8 Å². The highest BCUT2D eigenvalue weighted by Gasteiger charge is 2.21. The predicted molar refractivity (Wildman–Crippen MR) is 103 cm³/mol. The smallest absolute Gasteiger partial charge is 0.228 e. The molecule has 0 atom stereocenters. The number of oxazole rings is 1. The molecule has 3 N–H and O–H groups in total. The first-order valence-electron chi connectivity index (χ1n) is 7.86. The summed E-state index contributed by atoms with van der Waals surface area (Å²) >= 11 is 0. The normalized spacial score (nSPS) is 11.2. The molecular formula is C19H22ClN3O2. The summed E-state index contributed by atoms with van der Waals surface area (Å²) in [7, 11) is 0. The summed E-state index contributed by atoms with van der Waals surface area (Å²) in [4.78, 5) is 16.7. The van der Waals surface area contributed by atoms with Gasteiger partial charge in [-0.1, -0.05) is 32.9 Å². The minimum absolute atomic E-state index is 0. The highest BCUT2D eigenvalue weighted by atomic mass is 35.5. The second-order valence-corrected chi connectivity index (χ2v) is 6.92. The zero-order valence-corrected chi connectivity index (χ0v) is 15.3. The van der Waals surface area contributed by atoms with E-state index in [0.29, 0.717) is 23.7 Å². The zero-order chi connectivity index (χ0) is 17.3. The Kier molecular flexibility index (Phi) is 5.38. The third kappa shape index (κ3) is 4.51. The number of rotatable bonds is 3. The lowest BCUT2D eigenvalue weighted by atomic mass is 9.97. The second-order valence-electron chi connectivity index (χ2n) is 6.92. The van der Waals surface area contributed by atoms with Crippen molar-refractivity contribution in [3.05, 3.63) is 53.9 Å². The molecule has 3 rings (SSSR count). The van der Waals surface area contributed by atoms with Crippen LogP contribution < -0.4 is 11.1 Å². The van der Waals surface area contributed by atoms with Crippen LogP contribution in [-0.2, 0) is 16.6 Å². The molecule has 5 nitrogen and oxygen atoms in total.